The highest BCUT2D eigenvalue weighted by Crippen LogP contribution is 2.19. The number of amides is 2. The van der Waals surface area contributed by atoms with Crippen molar-refractivity contribution in [3.8, 4) is 5.75 Å². The monoisotopic (exact) mass is 399 g/mol. The van der Waals surface area contributed by atoms with Gasteiger partial charge >= 0.3 is 0 Å². The Kier molecular flexibility index (Phi) is 6.82. The minimum absolute atomic E-state index is 0.0648. The van der Waals surface area contributed by atoms with Gasteiger partial charge in [-0.15, -0.1) is 0 Å². The van der Waals surface area contributed by atoms with Gasteiger partial charge < -0.3 is 15.0 Å². The van der Waals surface area contributed by atoms with Gasteiger partial charge in [0.05, 0.1) is 6.54 Å². The largest absolute Gasteiger partial charge is 0.481 e. The van der Waals surface area contributed by atoms with Gasteiger partial charge in [-0.2, -0.15) is 0 Å². The van der Waals surface area contributed by atoms with E-state index in [0.717, 1.165) is 16.8 Å². The van der Waals surface area contributed by atoms with Crippen molar-refractivity contribution in [2.45, 2.75) is 13.8 Å². The lowest BCUT2D eigenvalue weighted by atomic mass is 10.1. The van der Waals surface area contributed by atoms with E-state index in [-0.39, 0.29) is 30.7 Å². The summed E-state index contributed by atoms with van der Waals surface area (Å²) in [6, 6.07) is 11.9. The predicted octanol–water partition coefficient (Wildman–Crippen LogP) is 2.60. The van der Waals surface area contributed by atoms with Crippen molar-refractivity contribution in [3.63, 3.8) is 0 Å². The molecule has 1 aliphatic rings. The van der Waals surface area contributed by atoms with E-state index < -0.39 is 5.82 Å². The quantitative estimate of drug-likeness (QED) is 0.811. The number of para-hydroxylation sites is 2. The van der Waals surface area contributed by atoms with Crippen molar-refractivity contribution in [1.82, 2.24) is 9.80 Å². The molecule has 1 N–H and O–H groups in total. The number of halogens is 1. The molecule has 0 bridgehead atoms. The van der Waals surface area contributed by atoms with Crippen LogP contribution in [-0.4, -0.2) is 60.9 Å². The summed E-state index contributed by atoms with van der Waals surface area (Å²) >= 11 is 0. The Morgan fingerprint density at radius 2 is 1.66 bits per heavy atom. The predicted molar refractivity (Wildman–Crippen MR) is 109 cm³/mol. The van der Waals surface area contributed by atoms with Crippen LogP contribution in [0.5, 0.6) is 5.75 Å². The number of ether oxygens (including phenoxy) is 1. The molecule has 2 aromatic carbocycles. The summed E-state index contributed by atoms with van der Waals surface area (Å²) in [4.78, 5) is 28.4. The topological polar surface area (TPSA) is 61.9 Å². The van der Waals surface area contributed by atoms with Crippen LogP contribution >= 0.6 is 0 Å². The molecular formula is C22H26FN3O3. The van der Waals surface area contributed by atoms with Gasteiger partial charge in [-0.25, -0.2) is 4.39 Å². The maximum atomic E-state index is 13.6. The van der Waals surface area contributed by atoms with Gasteiger partial charge in [0, 0.05) is 31.9 Å². The molecule has 1 fully saturated rings. The van der Waals surface area contributed by atoms with E-state index in [4.69, 9.17) is 4.74 Å². The third-order valence-electron chi connectivity index (χ3n) is 5.03. The zero-order valence-electron chi connectivity index (χ0n) is 16.8. The molecule has 2 amide bonds. The molecule has 3 rings (SSSR count). The number of carbonyl (C=O) groups is 2. The van der Waals surface area contributed by atoms with Crippen LogP contribution in [-0.2, 0) is 9.59 Å². The highest BCUT2D eigenvalue weighted by Gasteiger charge is 2.23. The number of carbonyl (C=O) groups excluding carboxylic acids is 2. The van der Waals surface area contributed by atoms with E-state index in [1.165, 1.54) is 12.1 Å². The number of hydrogen-bond donors (Lipinski definition) is 1. The van der Waals surface area contributed by atoms with Gasteiger partial charge in [-0.1, -0.05) is 30.3 Å². The summed E-state index contributed by atoms with van der Waals surface area (Å²) < 4.78 is 18.9. The van der Waals surface area contributed by atoms with Crippen LogP contribution in [0, 0.1) is 19.7 Å². The molecule has 1 saturated heterocycles. The van der Waals surface area contributed by atoms with E-state index in [1.54, 1.807) is 17.0 Å². The van der Waals surface area contributed by atoms with Gasteiger partial charge in [-0.05, 0) is 37.1 Å². The van der Waals surface area contributed by atoms with Crippen LogP contribution in [0.2, 0.25) is 0 Å². The highest BCUT2D eigenvalue weighted by molar-refractivity contribution is 5.93. The summed E-state index contributed by atoms with van der Waals surface area (Å²) in [7, 11) is 0. The molecule has 1 heterocycles. The van der Waals surface area contributed by atoms with Crippen LogP contribution in [0.3, 0.4) is 0 Å². The number of rotatable bonds is 6. The zero-order valence-corrected chi connectivity index (χ0v) is 16.8. The van der Waals surface area contributed by atoms with Gasteiger partial charge in [0.1, 0.15) is 0 Å². The minimum Gasteiger partial charge on any atom is -0.481 e. The summed E-state index contributed by atoms with van der Waals surface area (Å²) in [6.07, 6.45) is 0. The van der Waals surface area contributed by atoms with Gasteiger partial charge in [0.25, 0.3) is 5.91 Å². The number of nitrogens with zero attached hydrogens (tertiary/aromatic N) is 2. The average molecular weight is 399 g/mol. The second-order valence-electron chi connectivity index (χ2n) is 7.19. The standard InChI is InChI=1S/C22H26FN3O3/c1-16-6-5-7-17(2)22(16)24-20(27)14-25-10-12-26(13-11-25)21(28)15-29-19-9-4-3-8-18(19)23/h3-9H,10-15H2,1-2H3,(H,24,27). The molecule has 6 nitrogen and oxygen atoms in total. The summed E-state index contributed by atoms with van der Waals surface area (Å²) in [6.45, 7) is 6.24. The van der Waals surface area contributed by atoms with Crippen molar-refractivity contribution in [2.75, 3.05) is 44.6 Å². The first-order valence-electron chi connectivity index (χ1n) is 9.67. The Bertz CT molecular complexity index is 859. The average Bonchev–Trinajstić information content (AvgIpc) is 2.70. The van der Waals surface area contributed by atoms with Crippen molar-refractivity contribution in [1.29, 1.82) is 0 Å². The van der Waals surface area contributed by atoms with Crippen LogP contribution in [0.1, 0.15) is 11.1 Å². The van der Waals surface area contributed by atoms with Gasteiger partial charge in [0.15, 0.2) is 18.2 Å². The molecule has 0 saturated carbocycles. The van der Waals surface area contributed by atoms with E-state index in [0.29, 0.717) is 26.2 Å². The number of nitrogens with one attached hydrogen (secondary N) is 1. The van der Waals surface area contributed by atoms with Crippen LogP contribution in [0.4, 0.5) is 10.1 Å². The van der Waals surface area contributed by atoms with Gasteiger partial charge in [-0.3, -0.25) is 14.5 Å². The Labute approximate surface area is 170 Å². The number of hydrogen-bond acceptors (Lipinski definition) is 4. The number of anilines is 1. The fourth-order valence-electron chi connectivity index (χ4n) is 3.34. The normalized spacial score (nSPS) is 14.5. The molecule has 0 spiro atoms. The lowest BCUT2D eigenvalue weighted by Crippen LogP contribution is -2.51. The maximum Gasteiger partial charge on any atom is 0.260 e. The summed E-state index contributed by atoms with van der Waals surface area (Å²) in [5, 5.41) is 2.99. The fourth-order valence-corrected chi connectivity index (χ4v) is 3.34. The first-order valence-corrected chi connectivity index (χ1v) is 9.67. The Morgan fingerprint density at radius 3 is 2.31 bits per heavy atom. The Morgan fingerprint density at radius 1 is 1.00 bits per heavy atom. The number of piperazine rings is 1. The lowest BCUT2D eigenvalue weighted by molar-refractivity contribution is -0.135. The van der Waals surface area contributed by atoms with E-state index in [2.05, 4.69) is 5.32 Å². The molecule has 0 aliphatic carbocycles. The minimum atomic E-state index is -0.486. The molecule has 0 radical (unpaired) electrons. The number of aryl methyl sites for hydroxylation is 2. The first-order chi connectivity index (χ1) is 13.9. The molecular weight excluding hydrogens is 373 g/mol. The number of benzene rings is 2. The van der Waals surface area contributed by atoms with Gasteiger partial charge in [0.2, 0.25) is 5.91 Å². The van der Waals surface area contributed by atoms with Crippen LogP contribution in [0.25, 0.3) is 0 Å². The Balaban J connectivity index is 1.43. The smallest absolute Gasteiger partial charge is 0.260 e. The van der Waals surface area contributed by atoms with Crippen molar-refractivity contribution in [2.24, 2.45) is 0 Å². The fraction of sp³-hybridized carbons (Fsp3) is 0.364. The molecule has 7 heteroatoms. The van der Waals surface area contributed by atoms with E-state index in [1.807, 2.05) is 36.9 Å². The highest BCUT2D eigenvalue weighted by atomic mass is 19.1. The molecule has 0 unspecified atom stereocenters. The van der Waals surface area contributed by atoms with E-state index >= 15 is 0 Å². The van der Waals surface area contributed by atoms with Crippen LogP contribution < -0.4 is 10.1 Å². The van der Waals surface area contributed by atoms with Crippen molar-refractivity contribution in [3.05, 3.63) is 59.4 Å². The van der Waals surface area contributed by atoms with Crippen LogP contribution in [0.15, 0.2) is 42.5 Å². The SMILES string of the molecule is Cc1cccc(C)c1NC(=O)CN1CCN(C(=O)COc2ccccc2F)CC1. The zero-order chi connectivity index (χ0) is 20.8. The maximum absolute atomic E-state index is 13.6. The van der Waals surface area contributed by atoms with E-state index in [9.17, 15) is 14.0 Å². The Hall–Kier alpha value is -2.93. The second-order valence-corrected chi connectivity index (χ2v) is 7.19. The second kappa shape index (κ2) is 9.52. The third kappa shape index (κ3) is 5.54. The third-order valence-corrected chi connectivity index (χ3v) is 5.03. The molecule has 154 valence electrons. The van der Waals surface area contributed by atoms with Crippen molar-refractivity contribution < 1.29 is 18.7 Å². The lowest BCUT2D eigenvalue weighted by Gasteiger charge is -2.34. The molecule has 0 atom stereocenters. The first kappa shape index (κ1) is 20.8. The summed E-state index contributed by atoms with van der Waals surface area (Å²) in [5.74, 6) is -0.666. The molecule has 1 aliphatic heterocycles. The molecule has 2 aromatic rings. The molecule has 0 aromatic heterocycles. The van der Waals surface area contributed by atoms with Crippen molar-refractivity contribution >= 4 is 17.5 Å². The molecule has 29 heavy (non-hydrogen) atoms. The summed E-state index contributed by atoms with van der Waals surface area (Å²) in [5.41, 5.74) is 2.92.